The summed E-state index contributed by atoms with van der Waals surface area (Å²) in [6.45, 7) is 2.93. The van der Waals surface area contributed by atoms with Crippen LogP contribution in [0.3, 0.4) is 0 Å². The van der Waals surface area contributed by atoms with Gasteiger partial charge in [-0.15, -0.1) is 0 Å². The van der Waals surface area contributed by atoms with Crippen molar-refractivity contribution in [2.75, 3.05) is 16.4 Å². The van der Waals surface area contributed by atoms with Crippen LogP contribution in [0.4, 0.5) is 5.82 Å². The number of fused-ring (bicyclic) bond motifs is 3. The fourth-order valence-corrected chi connectivity index (χ4v) is 3.06. The van der Waals surface area contributed by atoms with Crippen molar-refractivity contribution in [1.29, 1.82) is 0 Å². The number of nitrogen functional groups attached to an aromatic ring is 1. The number of anilines is 1. The predicted molar refractivity (Wildman–Crippen MR) is 60.8 cm³/mol. The predicted octanol–water partition coefficient (Wildman–Crippen LogP) is -0.650. The van der Waals surface area contributed by atoms with E-state index in [-0.39, 0.29) is 0 Å². The van der Waals surface area contributed by atoms with Gasteiger partial charge in [-0.25, -0.2) is 0 Å². The summed E-state index contributed by atoms with van der Waals surface area (Å²) in [4.78, 5) is 15.2. The topological polar surface area (TPSA) is 72.9 Å². The molecule has 0 atom stereocenters. The van der Waals surface area contributed by atoms with Gasteiger partial charge in [0.05, 0.1) is 0 Å². The van der Waals surface area contributed by atoms with Crippen molar-refractivity contribution in [3.05, 3.63) is 12.2 Å². The van der Waals surface area contributed by atoms with Crippen LogP contribution in [0.2, 0.25) is 0 Å². The van der Waals surface area contributed by atoms with Crippen molar-refractivity contribution in [3.63, 3.8) is 0 Å². The Bertz CT molecular complexity index is 536. The third-order valence-electron chi connectivity index (χ3n) is 2.87. The second-order valence-corrected chi connectivity index (χ2v) is 5.05. The maximum absolute atomic E-state index is 5.80. The number of nitrogens with zero attached hydrogens (tertiary/aromatic N) is 5. The first kappa shape index (κ1) is 10.4. The average Bonchev–Trinajstić information content (AvgIpc) is 2.68. The molecule has 0 spiro atoms. The number of rotatable bonds is 1. The van der Waals surface area contributed by atoms with Gasteiger partial charge in [0, 0.05) is 0 Å². The van der Waals surface area contributed by atoms with Gasteiger partial charge in [0.25, 0.3) is 0 Å². The first-order valence-corrected chi connectivity index (χ1v) is 7.87. The van der Waals surface area contributed by atoms with E-state index in [0.717, 1.165) is 36.6 Å². The van der Waals surface area contributed by atoms with Gasteiger partial charge >= 0.3 is 109 Å². The van der Waals surface area contributed by atoms with Crippen LogP contribution in [0.15, 0.2) is 6.33 Å². The molecule has 3 radical (unpaired) electrons. The van der Waals surface area contributed by atoms with Gasteiger partial charge in [-0.2, -0.15) is 0 Å². The second-order valence-electron chi connectivity index (χ2n) is 3.82. The van der Waals surface area contributed by atoms with Crippen molar-refractivity contribution in [3.8, 4) is 0 Å². The van der Waals surface area contributed by atoms with Crippen molar-refractivity contribution in [1.82, 2.24) is 24.4 Å². The molecular formula is C9H11N6Pb. The van der Waals surface area contributed by atoms with Crippen molar-refractivity contribution < 1.29 is 0 Å². The molecule has 3 heterocycles. The fraction of sp³-hybridized carbons (Fsp3) is 0.444. The van der Waals surface area contributed by atoms with Crippen LogP contribution in [0.25, 0.3) is 11.2 Å². The molecule has 0 saturated carbocycles. The van der Waals surface area contributed by atoms with E-state index in [0.29, 0.717) is 5.82 Å². The monoisotopic (exact) mass is 411 g/mol. The Labute approximate surface area is 109 Å². The third-order valence-corrected chi connectivity index (χ3v) is 4.61. The van der Waals surface area contributed by atoms with Gasteiger partial charge < -0.3 is 0 Å². The number of imidazole rings is 1. The van der Waals surface area contributed by atoms with Gasteiger partial charge in [0.15, 0.2) is 0 Å². The van der Waals surface area contributed by atoms with Crippen LogP contribution >= 0.6 is 0 Å². The Hall–Kier alpha value is -0.768. The zero-order valence-electron chi connectivity index (χ0n) is 8.72. The summed E-state index contributed by atoms with van der Waals surface area (Å²) in [5.74, 6) is 1.54. The van der Waals surface area contributed by atoms with Gasteiger partial charge in [-0.1, -0.05) is 0 Å². The van der Waals surface area contributed by atoms with Crippen molar-refractivity contribution in [2.24, 2.45) is 0 Å². The minimum atomic E-state index is 0.476. The van der Waals surface area contributed by atoms with Crippen molar-refractivity contribution >= 4 is 42.7 Å². The van der Waals surface area contributed by atoms with E-state index in [1.54, 1.807) is 0 Å². The van der Waals surface area contributed by atoms with E-state index in [9.17, 15) is 0 Å². The summed E-state index contributed by atoms with van der Waals surface area (Å²) in [5, 5.41) is 0. The molecule has 7 heteroatoms. The molecule has 0 amide bonds. The van der Waals surface area contributed by atoms with Crippen LogP contribution in [0.1, 0.15) is 5.82 Å². The molecule has 0 unspecified atom stereocenters. The fourth-order valence-electron chi connectivity index (χ4n) is 2.01. The summed E-state index contributed by atoms with van der Waals surface area (Å²) >= 11 is 1.20. The third kappa shape index (κ3) is 1.51. The Kier molecular flexibility index (Phi) is 2.54. The SMILES string of the molecule is Nc1ncnc2c1nc1n2CCN([CH2][Pb])C1. The molecule has 0 saturated heterocycles. The summed E-state index contributed by atoms with van der Waals surface area (Å²) in [6.07, 6.45) is 1.51. The first-order chi connectivity index (χ1) is 7.79. The molecular weight excluding hydrogens is 399 g/mol. The maximum atomic E-state index is 5.80. The second kappa shape index (κ2) is 3.91. The average molecular weight is 410 g/mol. The van der Waals surface area contributed by atoms with E-state index in [2.05, 4.69) is 24.4 Å². The van der Waals surface area contributed by atoms with Gasteiger partial charge in [-0.3, -0.25) is 0 Å². The van der Waals surface area contributed by atoms with Gasteiger partial charge in [0.1, 0.15) is 0 Å². The van der Waals surface area contributed by atoms with E-state index >= 15 is 0 Å². The van der Waals surface area contributed by atoms with Crippen molar-refractivity contribution in [2.45, 2.75) is 13.1 Å². The summed E-state index contributed by atoms with van der Waals surface area (Å²) < 4.78 is 3.34. The molecule has 1 aliphatic heterocycles. The normalized spacial score (nSPS) is 16.6. The molecule has 1 aliphatic rings. The van der Waals surface area contributed by atoms with Gasteiger partial charge in [-0.05, 0) is 0 Å². The Balaban J connectivity index is 2.16. The number of nitrogens with two attached hydrogens (primary N) is 1. The zero-order chi connectivity index (χ0) is 11.1. The molecule has 16 heavy (non-hydrogen) atoms. The van der Waals surface area contributed by atoms with E-state index in [1.807, 2.05) is 0 Å². The number of aromatic nitrogens is 4. The standard InChI is InChI=1S/C9H11N6.Pb/c1-14-2-3-15-6(4-14)13-7-8(10)11-5-12-9(7)15;/h5H,1-4H2,(H2,10,11,12);. The van der Waals surface area contributed by atoms with Crippen LogP contribution in [0, 0.1) is 0 Å². The molecule has 0 aliphatic carbocycles. The molecule has 0 aromatic carbocycles. The van der Waals surface area contributed by atoms with E-state index < -0.39 is 0 Å². The first-order valence-electron chi connectivity index (χ1n) is 5.12. The molecule has 0 bridgehead atoms. The minimum absolute atomic E-state index is 0.476. The summed E-state index contributed by atoms with van der Waals surface area (Å²) in [7, 11) is 0. The zero-order valence-corrected chi connectivity index (χ0v) is 12.6. The number of hydrogen-bond donors (Lipinski definition) is 1. The Morgan fingerprint density at radius 2 is 2.25 bits per heavy atom. The molecule has 2 N–H and O–H groups in total. The molecule has 6 nitrogen and oxygen atoms in total. The Morgan fingerprint density at radius 1 is 1.38 bits per heavy atom. The molecule has 2 aromatic rings. The number of hydrogen-bond acceptors (Lipinski definition) is 5. The molecule has 81 valence electrons. The quantitative estimate of drug-likeness (QED) is 0.633. The van der Waals surface area contributed by atoms with Crippen LogP contribution in [0.5, 0.6) is 0 Å². The molecule has 3 rings (SSSR count). The van der Waals surface area contributed by atoms with Gasteiger partial charge in [0.2, 0.25) is 0 Å². The van der Waals surface area contributed by atoms with Crippen LogP contribution in [-0.2, 0) is 13.1 Å². The van der Waals surface area contributed by atoms with E-state index in [1.165, 1.54) is 36.2 Å². The van der Waals surface area contributed by atoms with Crippen LogP contribution in [-0.4, -0.2) is 60.8 Å². The molecule has 0 fully saturated rings. The van der Waals surface area contributed by atoms with E-state index in [4.69, 9.17) is 5.73 Å². The Morgan fingerprint density at radius 3 is 3.06 bits per heavy atom. The summed E-state index contributed by atoms with van der Waals surface area (Å²) in [5.41, 5.74) is 7.42. The van der Waals surface area contributed by atoms with Crippen LogP contribution < -0.4 is 5.73 Å². The summed E-state index contributed by atoms with van der Waals surface area (Å²) in [6, 6.07) is 0. The molecule has 2 aromatic heterocycles.